The Morgan fingerprint density at radius 1 is 0.974 bits per heavy atom. The Labute approximate surface area is 234 Å². The molecule has 0 unspecified atom stereocenters. The SMILES string of the molecule is CCOc1cc(/C=C2\SC(=O)N(CCOc3ccc(Cl)cc3)C2=O)cc(Cl)c1OS(=O)(=O)c1ccccc1. The minimum Gasteiger partial charge on any atom is -0.492 e. The molecule has 0 spiro atoms. The van der Waals surface area contributed by atoms with Crippen LogP contribution in [0.25, 0.3) is 6.08 Å². The number of carbonyl (C=O) groups is 2. The van der Waals surface area contributed by atoms with E-state index in [1.807, 2.05) is 0 Å². The molecule has 3 aromatic carbocycles. The van der Waals surface area contributed by atoms with Crippen molar-refractivity contribution in [3.05, 3.63) is 87.2 Å². The molecule has 0 N–H and O–H groups in total. The molecule has 198 valence electrons. The average Bonchev–Trinajstić information content (AvgIpc) is 3.15. The number of thioether (sulfide) groups is 1. The third-order valence-corrected chi connectivity index (χ3v) is 7.80. The first-order valence-electron chi connectivity index (χ1n) is 11.3. The summed E-state index contributed by atoms with van der Waals surface area (Å²) in [5.74, 6) is -0.0318. The first-order chi connectivity index (χ1) is 18.2. The third-order valence-electron chi connectivity index (χ3n) is 5.13. The lowest BCUT2D eigenvalue weighted by atomic mass is 10.2. The highest BCUT2D eigenvalue weighted by molar-refractivity contribution is 8.18. The second kappa shape index (κ2) is 12.1. The molecule has 4 rings (SSSR count). The van der Waals surface area contributed by atoms with E-state index in [0.29, 0.717) is 16.3 Å². The third kappa shape index (κ3) is 6.63. The minimum atomic E-state index is -4.17. The molecule has 0 atom stereocenters. The number of benzene rings is 3. The van der Waals surface area contributed by atoms with Crippen molar-refractivity contribution in [2.45, 2.75) is 11.8 Å². The van der Waals surface area contributed by atoms with Gasteiger partial charge in [0.25, 0.3) is 11.1 Å². The van der Waals surface area contributed by atoms with Gasteiger partial charge in [-0.15, -0.1) is 0 Å². The van der Waals surface area contributed by atoms with Crippen molar-refractivity contribution < 1.29 is 31.7 Å². The Balaban J connectivity index is 1.51. The normalized spacial score (nSPS) is 14.7. The summed E-state index contributed by atoms with van der Waals surface area (Å²) in [6.45, 7) is 2.08. The van der Waals surface area contributed by atoms with Crippen LogP contribution in [0.1, 0.15) is 12.5 Å². The van der Waals surface area contributed by atoms with Crippen LogP contribution in [-0.2, 0) is 14.9 Å². The molecule has 1 aliphatic heterocycles. The van der Waals surface area contributed by atoms with Gasteiger partial charge in [-0.25, -0.2) is 0 Å². The fourth-order valence-corrected chi connectivity index (χ4v) is 5.66. The van der Waals surface area contributed by atoms with Gasteiger partial charge in [0.1, 0.15) is 17.3 Å². The molecule has 0 saturated carbocycles. The van der Waals surface area contributed by atoms with Gasteiger partial charge in [-0.2, -0.15) is 8.42 Å². The van der Waals surface area contributed by atoms with E-state index in [-0.39, 0.29) is 46.1 Å². The largest absolute Gasteiger partial charge is 0.492 e. The van der Waals surface area contributed by atoms with Gasteiger partial charge in [-0.05, 0) is 78.9 Å². The Morgan fingerprint density at radius 3 is 2.37 bits per heavy atom. The Bertz CT molecular complexity index is 1480. The van der Waals surface area contributed by atoms with Crippen LogP contribution in [0.4, 0.5) is 4.79 Å². The number of amides is 2. The first kappa shape index (κ1) is 27.8. The predicted octanol–water partition coefficient (Wildman–Crippen LogP) is 6.28. The maximum atomic E-state index is 12.9. The van der Waals surface area contributed by atoms with Crippen LogP contribution in [0, 0.1) is 0 Å². The predicted molar refractivity (Wildman–Crippen MR) is 147 cm³/mol. The van der Waals surface area contributed by atoms with E-state index >= 15 is 0 Å². The van der Waals surface area contributed by atoms with Gasteiger partial charge in [0.05, 0.1) is 23.1 Å². The Hall–Kier alpha value is -3.18. The molecule has 2 amide bonds. The maximum Gasteiger partial charge on any atom is 0.339 e. The Kier molecular flexibility index (Phi) is 8.88. The molecule has 8 nitrogen and oxygen atoms in total. The summed E-state index contributed by atoms with van der Waals surface area (Å²) < 4.78 is 41.9. The summed E-state index contributed by atoms with van der Waals surface area (Å²) in [7, 11) is -4.17. The molecular weight excluding hydrogens is 573 g/mol. The number of nitrogens with zero attached hydrogens (tertiary/aromatic N) is 1. The molecule has 0 radical (unpaired) electrons. The molecule has 3 aromatic rings. The van der Waals surface area contributed by atoms with Crippen molar-refractivity contribution >= 4 is 62.3 Å². The van der Waals surface area contributed by atoms with E-state index in [1.165, 1.54) is 30.3 Å². The van der Waals surface area contributed by atoms with Gasteiger partial charge in [-0.3, -0.25) is 14.5 Å². The molecule has 1 heterocycles. The fraction of sp³-hybridized carbons (Fsp3) is 0.154. The van der Waals surface area contributed by atoms with Gasteiger partial charge in [0, 0.05) is 5.02 Å². The van der Waals surface area contributed by atoms with Crippen LogP contribution in [0.5, 0.6) is 17.2 Å². The van der Waals surface area contributed by atoms with Crippen LogP contribution >= 0.6 is 35.0 Å². The highest BCUT2D eigenvalue weighted by atomic mass is 35.5. The number of halogens is 2. The van der Waals surface area contributed by atoms with Crippen molar-refractivity contribution in [1.29, 1.82) is 0 Å². The van der Waals surface area contributed by atoms with Crippen molar-refractivity contribution in [2.24, 2.45) is 0 Å². The number of hydrogen-bond acceptors (Lipinski definition) is 8. The zero-order valence-corrected chi connectivity index (χ0v) is 23.1. The van der Waals surface area contributed by atoms with E-state index < -0.39 is 21.3 Å². The summed E-state index contributed by atoms with van der Waals surface area (Å²) in [6.07, 6.45) is 1.48. The van der Waals surface area contributed by atoms with Gasteiger partial charge in [0.2, 0.25) is 5.75 Å². The lowest BCUT2D eigenvalue weighted by molar-refractivity contribution is -0.123. The van der Waals surface area contributed by atoms with Crippen molar-refractivity contribution in [1.82, 2.24) is 4.90 Å². The summed E-state index contributed by atoms with van der Waals surface area (Å²) in [6, 6.07) is 17.3. The number of rotatable bonds is 10. The van der Waals surface area contributed by atoms with Crippen LogP contribution < -0.4 is 13.7 Å². The van der Waals surface area contributed by atoms with Gasteiger partial charge in [0.15, 0.2) is 5.75 Å². The molecule has 0 aromatic heterocycles. The van der Waals surface area contributed by atoms with E-state index in [4.69, 9.17) is 36.9 Å². The quantitative estimate of drug-likeness (QED) is 0.200. The molecule has 1 saturated heterocycles. The molecular formula is C26H21Cl2NO7S2. The monoisotopic (exact) mass is 593 g/mol. The smallest absolute Gasteiger partial charge is 0.339 e. The van der Waals surface area contributed by atoms with E-state index in [2.05, 4.69) is 0 Å². The van der Waals surface area contributed by atoms with Gasteiger partial charge >= 0.3 is 10.1 Å². The topological polar surface area (TPSA) is 99.2 Å². The summed E-state index contributed by atoms with van der Waals surface area (Å²) in [4.78, 5) is 26.6. The van der Waals surface area contributed by atoms with Crippen LogP contribution in [-0.4, -0.2) is 44.2 Å². The van der Waals surface area contributed by atoms with Crippen molar-refractivity contribution in [3.8, 4) is 17.2 Å². The highest BCUT2D eigenvalue weighted by Gasteiger charge is 2.35. The molecule has 0 aliphatic carbocycles. The van der Waals surface area contributed by atoms with E-state index in [0.717, 1.165) is 16.7 Å². The Morgan fingerprint density at radius 2 is 1.68 bits per heavy atom. The first-order valence-corrected chi connectivity index (χ1v) is 14.3. The molecule has 1 fully saturated rings. The van der Waals surface area contributed by atoms with E-state index in [9.17, 15) is 18.0 Å². The average molecular weight is 594 g/mol. The summed E-state index contributed by atoms with van der Waals surface area (Å²) >= 11 is 13.0. The van der Waals surface area contributed by atoms with Crippen LogP contribution in [0.15, 0.2) is 76.5 Å². The zero-order valence-electron chi connectivity index (χ0n) is 19.9. The summed E-state index contributed by atoms with van der Waals surface area (Å²) in [5, 5.41) is 0.0849. The standard InChI is InChI=1S/C26H21Cl2NO7S2/c1-2-34-22-15-17(14-21(28)24(22)36-38(32,33)20-6-4-3-5-7-20)16-23-25(30)29(26(31)37-23)12-13-35-19-10-8-18(27)9-11-19/h3-11,14-16H,2,12-13H2,1H3/b23-16-. The zero-order chi connectivity index (χ0) is 27.3. The molecule has 1 aliphatic rings. The van der Waals surface area contributed by atoms with Crippen LogP contribution in [0.3, 0.4) is 0 Å². The lowest BCUT2D eigenvalue weighted by Crippen LogP contribution is -2.32. The molecule has 12 heteroatoms. The fourth-order valence-electron chi connectivity index (χ4n) is 3.39. The highest BCUT2D eigenvalue weighted by Crippen LogP contribution is 2.40. The van der Waals surface area contributed by atoms with Crippen molar-refractivity contribution in [3.63, 3.8) is 0 Å². The second-order valence-electron chi connectivity index (χ2n) is 7.75. The molecule has 0 bridgehead atoms. The van der Waals surface area contributed by atoms with Crippen molar-refractivity contribution in [2.75, 3.05) is 19.8 Å². The number of ether oxygens (including phenoxy) is 2. The lowest BCUT2D eigenvalue weighted by Gasteiger charge is -2.14. The minimum absolute atomic E-state index is 0.0442. The van der Waals surface area contributed by atoms with E-state index in [1.54, 1.807) is 49.4 Å². The second-order valence-corrected chi connectivity index (χ2v) is 11.1. The maximum absolute atomic E-state index is 12.9. The number of imide groups is 1. The van der Waals surface area contributed by atoms with Crippen LogP contribution in [0.2, 0.25) is 10.0 Å². The molecule has 38 heavy (non-hydrogen) atoms. The number of hydrogen-bond donors (Lipinski definition) is 0. The van der Waals surface area contributed by atoms with Gasteiger partial charge < -0.3 is 13.7 Å². The van der Waals surface area contributed by atoms with Gasteiger partial charge in [-0.1, -0.05) is 41.4 Å². The number of carbonyl (C=O) groups excluding carboxylic acids is 2. The summed E-state index contributed by atoms with van der Waals surface area (Å²) in [5.41, 5.74) is 0.422.